The second-order valence-electron chi connectivity index (χ2n) is 11.2. The Morgan fingerprint density at radius 3 is 1.97 bits per heavy atom. The van der Waals surface area contributed by atoms with Gasteiger partial charge in [0.15, 0.2) is 18.0 Å². The molecule has 0 aromatic heterocycles. The van der Waals surface area contributed by atoms with E-state index in [-0.39, 0.29) is 12.0 Å². The van der Waals surface area contributed by atoms with Crippen molar-refractivity contribution in [2.75, 3.05) is 0 Å². The summed E-state index contributed by atoms with van der Waals surface area (Å²) in [6, 6.07) is 8.22. The molecule has 206 valence electrons. The number of esters is 4. The van der Waals surface area contributed by atoms with Crippen LogP contribution in [0.1, 0.15) is 65.2 Å². The first-order chi connectivity index (χ1) is 17.7. The molecule has 0 unspecified atom stereocenters. The van der Waals surface area contributed by atoms with E-state index >= 15 is 0 Å². The van der Waals surface area contributed by atoms with Gasteiger partial charge in [-0.2, -0.15) is 0 Å². The summed E-state index contributed by atoms with van der Waals surface area (Å²) in [7, 11) is 0. The molecule has 0 radical (unpaired) electrons. The van der Waals surface area contributed by atoms with Crippen molar-refractivity contribution >= 4 is 29.7 Å². The van der Waals surface area contributed by atoms with Crippen LogP contribution in [0.2, 0.25) is 0 Å². The number of ketones is 1. The molecule has 1 spiro atoms. The molecule has 10 nitrogen and oxygen atoms in total. The Morgan fingerprint density at radius 1 is 0.842 bits per heavy atom. The molecule has 1 aliphatic heterocycles. The number of carbonyl (C=O) groups is 5. The fraction of sp³-hybridized carbons (Fsp3) is 0.607. The van der Waals surface area contributed by atoms with Gasteiger partial charge >= 0.3 is 23.9 Å². The molecule has 8 atom stereocenters. The number of hydrogen-bond donors (Lipinski definition) is 0. The summed E-state index contributed by atoms with van der Waals surface area (Å²) >= 11 is 0. The lowest BCUT2D eigenvalue weighted by Gasteiger charge is -2.62. The van der Waals surface area contributed by atoms with Gasteiger partial charge in [-0.1, -0.05) is 25.1 Å². The number of ether oxygens (including phenoxy) is 5. The Labute approximate surface area is 221 Å². The molecule has 2 bridgehead atoms. The first-order valence-corrected chi connectivity index (χ1v) is 12.7. The van der Waals surface area contributed by atoms with Crippen molar-refractivity contribution in [1.29, 1.82) is 0 Å². The van der Waals surface area contributed by atoms with E-state index in [1.54, 1.807) is 58.0 Å². The van der Waals surface area contributed by atoms with E-state index in [2.05, 4.69) is 0 Å². The van der Waals surface area contributed by atoms with Gasteiger partial charge in [0.1, 0.15) is 17.8 Å². The normalized spacial score (nSPS) is 37.0. The Balaban J connectivity index is 2.00. The number of fused-ring (bicyclic) bond motifs is 1. The minimum atomic E-state index is -1.61. The summed E-state index contributed by atoms with van der Waals surface area (Å²) in [5.41, 5.74) is -3.87. The molecule has 1 saturated heterocycles. The van der Waals surface area contributed by atoms with Crippen LogP contribution in [0, 0.1) is 17.3 Å². The van der Waals surface area contributed by atoms with Crippen LogP contribution in [0.4, 0.5) is 0 Å². The third-order valence-corrected chi connectivity index (χ3v) is 8.27. The van der Waals surface area contributed by atoms with Gasteiger partial charge in [0.05, 0.1) is 22.5 Å². The van der Waals surface area contributed by atoms with Crippen LogP contribution in [-0.2, 0) is 42.9 Å². The number of benzene rings is 1. The van der Waals surface area contributed by atoms with E-state index in [0.29, 0.717) is 0 Å². The Morgan fingerprint density at radius 2 is 1.42 bits per heavy atom. The third-order valence-electron chi connectivity index (χ3n) is 8.27. The van der Waals surface area contributed by atoms with E-state index in [9.17, 15) is 24.0 Å². The Hall–Kier alpha value is -3.27. The summed E-state index contributed by atoms with van der Waals surface area (Å²) in [5.74, 6) is -4.44. The van der Waals surface area contributed by atoms with Gasteiger partial charge in [-0.15, -0.1) is 0 Å². The van der Waals surface area contributed by atoms with Gasteiger partial charge < -0.3 is 23.7 Å². The lowest BCUT2D eigenvalue weighted by Crippen LogP contribution is -2.78. The van der Waals surface area contributed by atoms with Crippen molar-refractivity contribution in [3.63, 3.8) is 0 Å². The van der Waals surface area contributed by atoms with Crippen LogP contribution < -0.4 is 0 Å². The molecule has 1 aromatic carbocycles. The summed E-state index contributed by atoms with van der Waals surface area (Å²) in [6.07, 6.45) is -4.97. The zero-order valence-electron chi connectivity index (χ0n) is 22.6. The van der Waals surface area contributed by atoms with Crippen molar-refractivity contribution in [1.82, 2.24) is 0 Å². The predicted molar refractivity (Wildman–Crippen MR) is 131 cm³/mol. The van der Waals surface area contributed by atoms with Gasteiger partial charge in [-0.3, -0.25) is 19.2 Å². The van der Waals surface area contributed by atoms with Crippen LogP contribution in [0.15, 0.2) is 30.3 Å². The second-order valence-corrected chi connectivity index (χ2v) is 11.2. The highest BCUT2D eigenvalue weighted by Gasteiger charge is 2.83. The minimum absolute atomic E-state index is 0.0360. The van der Waals surface area contributed by atoms with E-state index < -0.39 is 82.5 Å². The number of Topliss-reactive ketones (excluding diaryl/α,β-unsaturated/α-hetero) is 1. The molecule has 2 aliphatic carbocycles. The summed E-state index contributed by atoms with van der Waals surface area (Å²) < 4.78 is 30.2. The molecule has 1 heterocycles. The molecule has 10 heteroatoms. The van der Waals surface area contributed by atoms with Crippen LogP contribution in [0.3, 0.4) is 0 Å². The molecule has 1 aromatic rings. The van der Waals surface area contributed by atoms with Crippen LogP contribution >= 0.6 is 0 Å². The SMILES string of the molecule is CC(=O)O[C@H]1[C@@H]2[C@@H](OC(C)=O)[C@]3(OC2(C)C)[C@H](C)CC(=O)[C@H](OC(C)=O)[C@@]3(C)[C@H]1OC(=O)c1ccccc1. The van der Waals surface area contributed by atoms with Gasteiger partial charge in [0.2, 0.25) is 0 Å². The first kappa shape index (κ1) is 27.8. The molecule has 38 heavy (non-hydrogen) atoms. The van der Waals surface area contributed by atoms with Gasteiger partial charge in [0, 0.05) is 27.2 Å². The van der Waals surface area contributed by atoms with Crippen molar-refractivity contribution < 1.29 is 47.7 Å². The fourth-order valence-corrected chi connectivity index (χ4v) is 7.06. The first-order valence-electron chi connectivity index (χ1n) is 12.7. The average Bonchev–Trinajstić information content (AvgIpc) is 3.01. The lowest BCUT2D eigenvalue weighted by molar-refractivity contribution is -0.290. The lowest BCUT2D eigenvalue weighted by atomic mass is 9.48. The smallest absolute Gasteiger partial charge is 0.338 e. The molecule has 3 fully saturated rings. The van der Waals surface area contributed by atoms with Crippen molar-refractivity contribution in [2.45, 2.75) is 90.5 Å². The largest absolute Gasteiger partial charge is 0.459 e. The number of rotatable bonds is 5. The van der Waals surface area contributed by atoms with E-state index in [0.717, 1.165) is 0 Å². The van der Waals surface area contributed by atoms with Crippen LogP contribution in [0.5, 0.6) is 0 Å². The maximum atomic E-state index is 13.5. The maximum absolute atomic E-state index is 13.5. The standard InChI is InChI=1S/C28H34O10/c1-14-13-19(32)22(35-16(3)30)27(7)24(37-25(33)18-11-9-8-10-12-18)21(34-15(2)29)20-23(36-17(4)31)28(14,27)38-26(20,5)6/h8-12,14,20-24H,13H2,1-7H3/t14-,20-,21+,22+,23-,24+,27+,28-/m1/s1. The molecular formula is C28H34O10. The van der Waals surface area contributed by atoms with Crippen molar-refractivity contribution in [2.24, 2.45) is 17.3 Å². The maximum Gasteiger partial charge on any atom is 0.338 e. The Bertz CT molecular complexity index is 1160. The zero-order valence-corrected chi connectivity index (χ0v) is 22.6. The van der Waals surface area contributed by atoms with Crippen LogP contribution in [0.25, 0.3) is 0 Å². The second kappa shape index (κ2) is 9.48. The highest BCUT2D eigenvalue weighted by Crippen LogP contribution is 2.67. The molecule has 0 amide bonds. The van der Waals surface area contributed by atoms with Gasteiger partial charge in [0.25, 0.3) is 0 Å². The minimum Gasteiger partial charge on any atom is -0.459 e. The van der Waals surface area contributed by atoms with Crippen LogP contribution in [-0.4, -0.2) is 65.3 Å². The van der Waals surface area contributed by atoms with E-state index in [4.69, 9.17) is 23.7 Å². The van der Waals surface area contributed by atoms with E-state index in [1.807, 2.05) is 0 Å². The van der Waals surface area contributed by atoms with Crippen molar-refractivity contribution in [3.05, 3.63) is 35.9 Å². The van der Waals surface area contributed by atoms with E-state index in [1.165, 1.54) is 20.8 Å². The third kappa shape index (κ3) is 4.09. The van der Waals surface area contributed by atoms with Gasteiger partial charge in [-0.25, -0.2) is 4.79 Å². The quantitative estimate of drug-likeness (QED) is 0.413. The Kier molecular flexibility index (Phi) is 6.93. The molecule has 3 aliphatic rings. The topological polar surface area (TPSA) is 132 Å². The summed E-state index contributed by atoms with van der Waals surface area (Å²) in [6.45, 7) is 10.6. The van der Waals surface area contributed by atoms with Crippen molar-refractivity contribution in [3.8, 4) is 0 Å². The molecule has 0 N–H and O–H groups in total. The molecular weight excluding hydrogens is 496 g/mol. The summed E-state index contributed by atoms with van der Waals surface area (Å²) in [4.78, 5) is 64.0. The monoisotopic (exact) mass is 530 g/mol. The highest BCUT2D eigenvalue weighted by atomic mass is 16.6. The molecule has 4 rings (SSSR count). The number of carbonyl (C=O) groups excluding carboxylic acids is 5. The molecule has 2 saturated carbocycles. The number of hydrogen-bond acceptors (Lipinski definition) is 10. The fourth-order valence-electron chi connectivity index (χ4n) is 7.06. The zero-order chi connectivity index (χ0) is 28.2. The van der Waals surface area contributed by atoms with Gasteiger partial charge in [-0.05, 0) is 38.8 Å². The predicted octanol–water partition coefficient (Wildman–Crippen LogP) is 2.80. The average molecular weight is 531 g/mol. The summed E-state index contributed by atoms with van der Waals surface area (Å²) in [5, 5.41) is 0. The highest BCUT2D eigenvalue weighted by molar-refractivity contribution is 5.90.